The number of nitriles is 1. The number of anilines is 1. The van der Waals surface area contributed by atoms with Crippen molar-refractivity contribution in [2.75, 3.05) is 31.7 Å². The third-order valence-electron chi connectivity index (χ3n) is 3.73. The number of halogens is 1. The first-order valence-electron chi connectivity index (χ1n) is 7.07. The number of ether oxygens (including phenoxy) is 2. The summed E-state index contributed by atoms with van der Waals surface area (Å²) in [5.74, 6) is 1.26. The molecule has 1 aliphatic rings. The highest BCUT2D eigenvalue weighted by Crippen LogP contribution is 2.32. The molecule has 0 saturated carbocycles. The van der Waals surface area contributed by atoms with Crippen LogP contribution in [0.1, 0.15) is 12.5 Å². The van der Waals surface area contributed by atoms with Gasteiger partial charge in [-0.15, -0.1) is 0 Å². The van der Waals surface area contributed by atoms with E-state index in [1.54, 1.807) is 19.2 Å². The Morgan fingerprint density at radius 3 is 2.95 bits per heavy atom. The van der Waals surface area contributed by atoms with Gasteiger partial charge in [0.05, 0.1) is 35.9 Å². The zero-order chi connectivity index (χ0) is 15.7. The molecule has 2 heterocycles. The normalized spacial score (nSPS) is 18.3. The zero-order valence-electron chi connectivity index (χ0n) is 12.5. The first-order chi connectivity index (χ1) is 10.6. The van der Waals surface area contributed by atoms with Gasteiger partial charge in [0, 0.05) is 18.5 Å². The second-order valence-corrected chi connectivity index (χ2v) is 5.69. The van der Waals surface area contributed by atoms with E-state index in [4.69, 9.17) is 21.1 Å². The van der Waals surface area contributed by atoms with E-state index in [1.165, 1.54) is 0 Å². The van der Waals surface area contributed by atoms with E-state index in [0.717, 1.165) is 24.0 Å². The van der Waals surface area contributed by atoms with Crippen LogP contribution in [-0.4, -0.2) is 37.9 Å². The summed E-state index contributed by atoms with van der Waals surface area (Å²) < 4.78 is 10.8. The van der Waals surface area contributed by atoms with Crippen LogP contribution in [0.25, 0.3) is 10.9 Å². The predicted molar refractivity (Wildman–Crippen MR) is 85.6 cm³/mol. The molecule has 5 nitrogen and oxygen atoms in total. The molecule has 0 N–H and O–H groups in total. The number of methoxy groups -OCH3 is 1. The first kappa shape index (κ1) is 14.9. The van der Waals surface area contributed by atoms with E-state index >= 15 is 0 Å². The Bertz CT molecular complexity index is 757. The number of aromatic nitrogens is 1. The molecule has 6 heteroatoms. The van der Waals surface area contributed by atoms with Crippen molar-refractivity contribution in [3.8, 4) is 11.8 Å². The van der Waals surface area contributed by atoms with Crippen molar-refractivity contribution in [1.29, 1.82) is 5.26 Å². The smallest absolute Gasteiger partial charge is 0.147 e. The SMILES string of the molecule is COc1cc2cc(C#N)c(N3CCO[C@@H](C)C3)nc2cc1Cl. The summed E-state index contributed by atoms with van der Waals surface area (Å²) in [6.45, 7) is 4.09. The summed E-state index contributed by atoms with van der Waals surface area (Å²) in [4.78, 5) is 6.74. The molecule has 3 rings (SSSR count). The lowest BCUT2D eigenvalue weighted by molar-refractivity contribution is 0.0529. The fourth-order valence-corrected chi connectivity index (χ4v) is 2.89. The van der Waals surface area contributed by atoms with Crippen molar-refractivity contribution in [3.05, 3.63) is 28.8 Å². The van der Waals surface area contributed by atoms with Crippen LogP contribution in [0.3, 0.4) is 0 Å². The molecule has 1 saturated heterocycles. The first-order valence-corrected chi connectivity index (χ1v) is 7.45. The largest absolute Gasteiger partial charge is 0.495 e. The minimum absolute atomic E-state index is 0.122. The lowest BCUT2D eigenvalue weighted by Gasteiger charge is -2.32. The predicted octanol–water partition coefficient (Wildman–Crippen LogP) is 2.99. The van der Waals surface area contributed by atoms with Gasteiger partial charge in [0.2, 0.25) is 0 Å². The van der Waals surface area contributed by atoms with Crippen molar-refractivity contribution < 1.29 is 9.47 Å². The molecule has 0 spiro atoms. The number of rotatable bonds is 2. The molecule has 1 atom stereocenters. The Morgan fingerprint density at radius 2 is 2.27 bits per heavy atom. The van der Waals surface area contributed by atoms with Gasteiger partial charge >= 0.3 is 0 Å². The number of nitrogens with zero attached hydrogens (tertiary/aromatic N) is 3. The maximum absolute atomic E-state index is 9.45. The van der Waals surface area contributed by atoms with Gasteiger partial charge in [0.15, 0.2) is 0 Å². The van der Waals surface area contributed by atoms with E-state index in [2.05, 4.69) is 16.0 Å². The molecule has 0 amide bonds. The average Bonchev–Trinajstić information content (AvgIpc) is 2.53. The Morgan fingerprint density at radius 1 is 1.45 bits per heavy atom. The number of morpholine rings is 1. The molecule has 1 aromatic heterocycles. The molecule has 0 unspecified atom stereocenters. The summed E-state index contributed by atoms with van der Waals surface area (Å²) in [6.07, 6.45) is 0.122. The van der Waals surface area contributed by atoms with Crippen molar-refractivity contribution in [2.24, 2.45) is 0 Å². The third kappa shape index (κ3) is 2.68. The van der Waals surface area contributed by atoms with Gasteiger partial charge in [-0.05, 0) is 25.1 Å². The Kier molecular flexibility index (Phi) is 4.06. The maximum Gasteiger partial charge on any atom is 0.147 e. The summed E-state index contributed by atoms with van der Waals surface area (Å²) in [7, 11) is 1.56. The molecule has 1 aromatic carbocycles. The van der Waals surface area contributed by atoms with Crippen LogP contribution in [0.4, 0.5) is 5.82 Å². The van der Waals surface area contributed by atoms with Gasteiger partial charge in [-0.25, -0.2) is 4.98 Å². The van der Waals surface area contributed by atoms with Crippen LogP contribution in [0.15, 0.2) is 18.2 Å². The summed E-state index contributed by atoms with van der Waals surface area (Å²) in [5, 5.41) is 10.8. The maximum atomic E-state index is 9.45. The highest BCUT2D eigenvalue weighted by molar-refractivity contribution is 6.32. The van der Waals surface area contributed by atoms with E-state index in [1.807, 2.05) is 13.0 Å². The molecule has 22 heavy (non-hydrogen) atoms. The standard InChI is InChI=1S/C16H16ClN3O2/c1-10-9-20(3-4-22-10)16-12(8-18)5-11-6-15(21-2)13(17)7-14(11)19-16/h5-7,10H,3-4,9H2,1-2H3/t10-/m0/s1. The van der Waals surface area contributed by atoms with Gasteiger partial charge in [-0.1, -0.05) is 11.6 Å². The zero-order valence-corrected chi connectivity index (χ0v) is 13.2. The van der Waals surface area contributed by atoms with Crippen LogP contribution in [0.5, 0.6) is 5.75 Å². The van der Waals surface area contributed by atoms with Gasteiger partial charge in [0.25, 0.3) is 0 Å². The molecule has 0 aliphatic carbocycles. The van der Waals surface area contributed by atoms with E-state index < -0.39 is 0 Å². The highest BCUT2D eigenvalue weighted by Gasteiger charge is 2.21. The molecule has 114 valence electrons. The van der Waals surface area contributed by atoms with Gasteiger partial charge in [-0.2, -0.15) is 5.26 Å². The molecule has 2 aromatic rings. The van der Waals surface area contributed by atoms with Crippen molar-refractivity contribution in [3.63, 3.8) is 0 Å². The third-order valence-corrected chi connectivity index (χ3v) is 4.02. The lowest BCUT2D eigenvalue weighted by atomic mass is 10.1. The number of fused-ring (bicyclic) bond motifs is 1. The fraction of sp³-hybridized carbons (Fsp3) is 0.375. The number of pyridine rings is 1. The van der Waals surface area contributed by atoms with Crippen LogP contribution in [-0.2, 0) is 4.74 Å². The van der Waals surface area contributed by atoms with E-state index in [9.17, 15) is 5.26 Å². The molecule has 0 bridgehead atoms. The van der Waals surface area contributed by atoms with Gasteiger partial charge in [0.1, 0.15) is 17.6 Å². The Balaban J connectivity index is 2.12. The monoisotopic (exact) mass is 317 g/mol. The summed E-state index contributed by atoms with van der Waals surface area (Å²) >= 11 is 6.17. The number of hydrogen-bond acceptors (Lipinski definition) is 5. The lowest BCUT2D eigenvalue weighted by Crippen LogP contribution is -2.41. The molecular formula is C16H16ClN3O2. The molecule has 1 fully saturated rings. The summed E-state index contributed by atoms with van der Waals surface area (Å²) in [6, 6.07) is 7.63. The van der Waals surface area contributed by atoms with Gasteiger partial charge < -0.3 is 14.4 Å². The van der Waals surface area contributed by atoms with Crippen LogP contribution < -0.4 is 9.64 Å². The quantitative estimate of drug-likeness (QED) is 0.852. The fourth-order valence-electron chi connectivity index (χ4n) is 2.66. The summed E-state index contributed by atoms with van der Waals surface area (Å²) in [5.41, 5.74) is 1.30. The molecule has 0 radical (unpaired) electrons. The van der Waals surface area contributed by atoms with Crippen LogP contribution in [0.2, 0.25) is 5.02 Å². The second kappa shape index (κ2) is 5.99. The second-order valence-electron chi connectivity index (χ2n) is 5.28. The van der Waals surface area contributed by atoms with Crippen LogP contribution in [0, 0.1) is 11.3 Å². The molecule has 1 aliphatic heterocycles. The van der Waals surface area contributed by atoms with Crippen molar-refractivity contribution in [2.45, 2.75) is 13.0 Å². The topological polar surface area (TPSA) is 58.4 Å². The molecular weight excluding hydrogens is 302 g/mol. The van der Waals surface area contributed by atoms with Crippen molar-refractivity contribution in [1.82, 2.24) is 4.98 Å². The number of benzene rings is 1. The average molecular weight is 318 g/mol. The Hall–Kier alpha value is -2.03. The minimum Gasteiger partial charge on any atom is -0.495 e. The van der Waals surface area contributed by atoms with E-state index in [0.29, 0.717) is 28.8 Å². The van der Waals surface area contributed by atoms with E-state index in [-0.39, 0.29) is 6.10 Å². The van der Waals surface area contributed by atoms with Crippen molar-refractivity contribution >= 4 is 28.3 Å². The minimum atomic E-state index is 0.122. The Labute approximate surface area is 134 Å². The van der Waals surface area contributed by atoms with Crippen LogP contribution >= 0.6 is 11.6 Å². The number of hydrogen-bond donors (Lipinski definition) is 0. The van der Waals surface area contributed by atoms with Gasteiger partial charge in [-0.3, -0.25) is 0 Å². The highest BCUT2D eigenvalue weighted by atomic mass is 35.5.